The van der Waals surface area contributed by atoms with Gasteiger partial charge in [0, 0.05) is 35.3 Å². The lowest BCUT2D eigenvalue weighted by atomic mass is 9.87. The van der Waals surface area contributed by atoms with Gasteiger partial charge in [0.2, 0.25) is 5.91 Å². The minimum absolute atomic E-state index is 0.0640. The molecule has 3 atom stereocenters. The van der Waals surface area contributed by atoms with Gasteiger partial charge in [-0.2, -0.15) is 10.4 Å². The molecule has 0 spiro atoms. The summed E-state index contributed by atoms with van der Waals surface area (Å²) in [7, 11) is 0. The molecular formula is C30H40N6O3. The number of nitriles is 1. The van der Waals surface area contributed by atoms with Crippen molar-refractivity contribution in [3.63, 3.8) is 0 Å². The van der Waals surface area contributed by atoms with Crippen LogP contribution in [-0.2, 0) is 15.0 Å². The van der Waals surface area contributed by atoms with Crippen molar-refractivity contribution < 1.29 is 14.7 Å². The van der Waals surface area contributed by atoms with Crippen LogP contribution in [0.3, 0.4) is 0 Å². The number of aliphatic hydroxyl groups excluding tert-OH is 1. The van der Waals surface area contributed by atoms with Crippen LogP contribution in [0.2, 0.25) is 0 Å². The van der Waals surface area contributed by atoms with Crippen LogP contribution in [0.4, 0.5) is 5.69 Å². The van der Waals surface area contributed by atoms with Gasteiger partial charge >= 0.3 is 0 Å². The minimum atomic E-state index is -0.951. The van der Waals surface area contributed by atoms with E-state index in [-0.39, 0.29) is 42.2 Å². The monoisotopic (exact) mass is 532 g/mol. The first kappa shape index (κ1) is 27.2. The number of hydrogen-bond donors (Lipinski definition) is 3. The minimum Gasteiger partial charge on any atom is -0.391 e. The Morgan fingerprint density at radius 2 is 1.85 bits per heavy atom. The zero-order chi connectivity index (χ0) is 27.7. The number of amides is 2. The summed E-state index contributed by atoms with van der Waals surface area (Å²) in [4.78, 5) is 31.5. The van der Waals surface area contributed by atoms with Crippen molar-refractivity contribution in [3.8, 4) is 6.19 Å². The summed E-state index contributed by atoms with van der Waals surface area (Å²) < 4.78 is 0. The number of likely N-dealkylation sites (tertiary alicyclic amines) is 1. The first-order valence-electron chi connectivity index (χ1n) is 14.3. The second kappa shape index (κ2) is 11.0. The Labute approximate surface area is 230 Å². The molecule has 5 rings (SSSR count). The van der Waals surface area contributed by atoms with Crippen molar-refractivity contribution in [1.82, 2.24) is 20.4 Å². The number of aliphatic hydroxyl groups is 1. The number of H-pyrrole nitrogens is 1. The molecule has 208 valence electrons. The predicted octanol–water partition coefficient (Wildman–Crippen LogP) is 4.02. The van der Waals surface area contributed by atoms with E-state index in [1.807, 2.05) is 24.3 Å². The lowest BCUT2D eigenvalue weighted by Gasteiger charge is -2.35. The fourth-order valence-corrected chi connectivity index (χ4v) is 5.99. The third-order valence-corrected chi connectivity index (χ3v) is 8.38. The first-order chi connectivity index (χ1) is 18.7. The standard InChI is InChI=1S/C30H40N6O3/c1-30(2,3)20-11-13-22(14-12-20)36(29(39)25-15-23(37)17-35(25)18-31)27(24-16-32-34-26(24)19-9-10-19)28(38)33-21-7-5-4-6-8-21/h11-14,16,19,21,23,25,27,37H,4-10,15,17H2,1-3H3,(H,32,34)(H,33,38)/t23-,25-,27?/m1/s1. The van der Waals surface area contributed by atoms with Gasteiger partial charge in [0.15, 0.2) is 6.19 Å². The summed E-state index contributed by atoms with van der Waals surface area (Å²) in [5, 5.41) is 30.8. The van der Waals surface area contributed by atoms with Crippen molar-refractivity contribution in [2.75, 3.05) is 11.4 Å². The Morgan fingerprint density at radius 3 is 2.46 bits per heavy atom. The SMILES string of the molecule is CC(C)(C)c1ccc(N(C(=O)[C@H]2C[C@@H](O)CN2C#N)C(C(=O)NC2CCCCC2)c2cn[nH]c2C2CC2)cc1. The molecule has 2 aromatic rings. The fourth-order valence-electron chi connectivity index (χ4n) is 5.99. The van der Waals surface area contributed by atoms with Crippen LogP contribution in [0.5, 0.6) is 0 Å². The van der Waals surface area contributed by atoms with Crippen LogP contribution < -0.4 is 10.2 Å². The van der Waals surface area contributed by atoms with E-state index in [9.17, 15) is 20.0 Å². The summed E-state index contributed by atoms with van der Waals surface area (Å²) in [6, 6.07) is 6.02. The van der Waals surface area contributed by atoms with Gasteiger partial charge in [-0.25, -0.2) is 0 Å². The highest BCUT2D eigenvalue weighted by molar-refractivity contribution is 6.04. The predicted molar refractivity (Wildman–Crippen MR) is 148 cm³/mol. The van der Waals surface area contributed by atoms with E-state index in [1.165, 1.54) is 11.3 Å². The van der Waals surface area contributed by atoms with E-state index in [0.717, 1.165) is 49.8 Å². The van der Waals surface area contributed by atoms with E-state index in [4.69, 9.17) is 0 Å². The Bertz CT molecular complexity index is 1220. The molecule has 3 fully saturated rings. The van der Waals surface area contributed by atoms with Crippen LogP contribution in [0.1, 0.15) is 101 Å². The van der Waals surface area contributed by atoms with Crippen LogP contribution in [0.25, 0.3) is 0 Å². The molecule has 1 aromatic carbocycles. The molecule has 2 aliphatic carbocycles. The van der Waals surface area contributed by atoms with Crippen molar-refractivity contribution in [2.45, 2.75) is 108 Å². The fraction of sp³-hybridized carbons (Fsp3) is 0.600. The Balaban J connectivity index is 1.59. The molecule has 3 aliphatic rings. The molecule has 1 aromatic heterocycles. The van der Waals surface area contributed by atoms with E-state index < -0.39 is 18.2 Å². The maximum atomic E-state index is 14.4. The molecule has 1 aliphatic heterocycles. The Hall–Kier alpha value is -3.38. The number of anilines is 1. The number of aromatic nitrogens is 2. The molecule has 0 bridgehead atoms. The number of carbonyl (C=O) groups is 2. The smallest absolute Gasteiger partial charge is 0.251 e. The summed E-state index contributed by atoms with van der Waals surface area (Å²) in [6.45, 7) is 6.48. The van der Waals surface area contributed by atoms with Crippen molar-refractivity contribution in [3.05, 3.63) is 47.3 Å². The van der Waals surface area contributed by atoms with E-state index in [2.05, 4.69) is 42.5 Å². The summed E-state index contributed by atoms with van der Waals surface area (Å²) in [6.07, 6.45) is 10.3. The summed E-state index contributed by atoms with van der Waals surface area (Å²) in [5.41, 5.74) is 3.20. The van der Waals surface area contributed by atoms with Crippen molar-refractivity contribution >= 4 is 17.5 Å². The number of carbonyl (C=O) groups excluding carboxylic acids is 2. The number of hydrogen-bond acceptors (Lipinski definition) is 6. The zero-order valence-electron chi connectivity index (χ0n) is 23.2. The Kier molecular flexibility index (Phi) is 7.68. The van der Waals surface area contributed by atoms with Crippen molar-refractivity contribution in [1.29, 1.82) is 5.26 Å². The van der Waals surface area contributed by atoms with Crippen LogP contribution >= 0.6 is 0 Å². The molecule has 0 radical (unpaired) electrons. The largest absolute Gasteiger partial charge is 0.391 e. The normalized spacial score (nSPS) is 22.8. The van der Waals surface area contributed by atoms with Gasteiger partial charge in [-0.3, -0.25) is 24.5 Å². The van der Waals surface area contributed by atoms with Crippen LogP contribution in [-0.4, -0.2) is 56.8 Å². The highest BCUT2D eigenvalue weighted by Gasteiger charge is 2.45. The molecule has 39 heavy (non-hydrogen) atoms. The number of nitrogens with zero attached hydrogens (tertiary/aromatic N) is 4. The average Bonchev–Trinajstić information content (AvgIpc) is 3.52. The van der Waals surface area contributed by atoms with Crippen LogP contribution in [0.15, 0.2) is 30.5 Å². The van der Waals surface area contributed by atoms with Gasteiger partial charge in [-0.1, -0.05) is 52.2 Å². The number of nitrogens with one attached hydrogen (secondary N) is 2. The van der Waals surface area contributed by atoms with Gasteiger partial charge < -0.3 is 10.4 Å². The highest BCUT2D eigenvalue weighted by atomic mass is 16.3. The second-order valence-corrected chi connectivity index (χ2v) is 12.4. The molecule has 9 nitrogen and oxygen atoms in total. The lowest BCUT2D eigenvalue weighted by molar-refractivity contribution is -0.128. The number of β-amino-alcohol motifs (C(OH)–C–C–N with tert-alkyl or cyclic N) is 1. The summed E-state index contributed by atoms with van der Waals surface area (Å²) >= 11 is 0. The third-order valence-electron chi connectivity index (χ3n) is 8.38. The summed E-state index contributed by atoms with van der Waals surface area (Å²) in [5.74, 6) is -0.319. The van der Waals surface area contributed by atoms with E-state index in [0.29, 0.717) is 11.3 Å². The first-order valence-corrected chi connectivity index (χ1v) is 14.3. The topological polar surface area (TPSA) is 125 Å². The quantitative estimate of drug-likeness (QED) is 0.463. The molecule has 1 unspecified atom stereocenters. The van der Waals surface area contributed by atoms with Crippen molar-refractivity contribution in [2.24, 2.45) is 0 Å². The Morgan fingerprint density at radius 1 is 1.15 bits per heavy atom. The number of benzene rings is 1. The number of rotatable bonds is 7. The van der Waals surface area contributed by atoms with Gasteiger partial charge in [-0.15, -0.1) is 0 Å². The third kappa shape index (κ3) is 5.81. The van der Waals surface area contributed by atoms with Gasteiger partial charge in [0.1, 0.15) is 12.1 Å². The molecule has 3 N–H and O–H groups in total. The molecular weight excluding hydrogens is 492 g/mol. The molecule has 9 heteroatoms. The van der Waals surface area contributed by atoms with E-state index >= 15 is 0 Å². The average molecular weight is 533 g/mol. The molecule has 1 saturated heterocycles. The van der Waals surface area contributed by atoms with Gasteiger partial charge in [-0.05, 0) is 48.8 Å². The maximum absolute atomic E-state index is 14.4. The van der Waals surface area contributed by atoms with Gasteiger partial charge in [0.05, 0.1) is 18.8 Å². The maximum Gasteiger partial charge on any atom is 0.251 e. The zero-order valence-corrected chi connectivity index (χ0v) is 23.2. The van der Waals surface area contributed by atoms with Crippen LogP contribution in [0, 0.1) is 11.5 Å². The van der Waals surface area contributed by atoms with Gasteiger partial charge in [0.25, 0.3) is 5.91 Å². The number of aromatic amines is 1. The molecule has 2 amide bonds. The second-order valence-electron chi connectivity index (χ2n) is 12.4. The molecule has 2 heterocycles. The molecule has 2 saturated carbocycles. The van der Waals surface area contributed by atoms with E-state index in [1.54, 1.807) is 11.1 Å². The highest BCUT2D eigenvalue weighted by Crippen LogP contribution is 2.44. The lowest BCUT2D eigenvalue weighted by Crippen LogP contribution is -2.51.